The topological polar surface area (TPSA) is 165 Å². The van der Waals surface area contributed by atoms with Crippen LogP contribution in [0.2, 0.25) is 0 Å². The normalized spacial score (nSPS) is 9.65. The maximum atomic E-state index is 11.9. The van der Waals surface area contributed by atoms with Crippen molar-refractivity contribution < 1.29 is 14.5 Å². The van der Waals surface area contributed by atoms with Gasteiger partial charge in [-0.3, -0.25) is 20.8 Å². The molecule has 20 heavy (non-hydrogen) atoms. The molecule has 108 valence electrons. The molecule has 0 unspecified atom stereocenters. The second kappa shape index (κ2) is 6.89. The van der Waals surface area contributed by atoms with Crippen molar-refractivity contribution in [2.24, 2.45) is 11.6 Å². The molecule has 0 aliphatic carbocycles. The SMILES string of the molecule is NNc1c(C(=O)NCCNC(N)=O)cccc1[N+](=O)[O-]. The van der Waals surface area contributed by atoms with Crippen LogP contribution in [0.25, 0.3) is 0 Å². The number of para-hydroxylation sites is 1. The van der Waals surface area contributed by atoms with Gasteiger partial charge >= 0.3 is 6.03 Å². The summed E-state index contributed by atoms with van der Waals surface area (Å²) in [6.45, 7) is 0.260. The quantitative estimate of drug-likeness (QED) is 0.200. The molecule has 0 spiro atoms. The molecule has 0 bridgehead atoms. The van der Waals surface area contributed by atoms with Crippen LogP contribution in [-0.2, 0) is 0 Å². The molecule has 0 saturated carbocycles. The number of hydrogen-bond donors (Lipinski definition) is 5. The molecule has 1 aromatic rings. The molecule has 0 radical (unpaired) electrons. The molecule has 10 nitrogen and oxygen atoms in total. The zero-order valence-corrected chi connectivity index (χ0v) is 10.4. The molecule has 0 aliphatic heterocycles. The number of nitrogen functional groups attached to an aromatic ring is 1. The number of primary amides is 1. The van der Waals surface area contributed by atoms with E-state index in [1.807, 2.05) is 0 Å². The molecule has 0 fully saturated rings. The maximum Gasteiger partial charge on any atom is 0.312 e. The highest BCUT2D eigenvalue weighted by Gasteiger charge is 2.20. The average molecular weight is 282 g/mol. The van der Waals surface area contributed by atoms with E-state index in [0.717, 1.165) is 0 Å². The van der Waals surface area contributed by atoms with E-state index in [2.05, 4.69) is 16.1 Å². The molecule has 1 aromatic carbocycles. The minimum absolute atomic E-state index is 0.0285. The van der Waals surface area contributed by atoms with Crippen LogP contribution in [0.15, 0.2) is 18.2 Å². The van der Waals surface area contributed by atoms with Gasteiger partial charge in [0.2, 0.25) is 0 Å². The first kappa shape index (κ1) is 15.2. The fourth-order valence-electron chi connectivity index (χ4n) is 1.49. The van der Waals surface area contributed by atoms with E-state index >= 15 is 0 Å². The fourth-order valence-corrected chi connectivity index (χ4v) is 1.49. The Balaban J connectivity index is 2.80. The van der Waals surface area contributed by atoms with Crippen LogP contribution >= 0.6 is 0 Å². The maximum absolute atomic E-state index is 11.9. The Morgan fingerprint density at radius 1 is 1.25 bits per heavy atom. The van der Waals surface area contributed by atoms with Gasteiger partial charge in [-0.1, -0.05) is 6.07 Å². The molecule has 0 aromatic heterocycles. The van der Waals surface area contributed by atoms with Gasteiger partial charge in [0.25, 0.3) is 11.6 Å². The summed E-state index contributed by atoms with van der Waals surface area (Å²) in [6, 6.07) is 3.27. The van der Waals surface area contributed by atoms with Gasteiger partial charge in [0.1, 0.15) is 5.69 Å². The Kier molecular flexibility index (Phi) is 5.23. The number of benzene rings is 1. The number of amides is 3. The van der Waals surface area contributed by atoms with Gasteiger partial charge in [0.05, 0.1) is 10.5 Å². The number of hydrogen-bond acceptors (Lipinski definition) is 6. The van der Waals surface area contributed by atoms with Gasteiger partial charge in [-0.05, 0) is 6.07 Å². The van der Waals surface area contributed by atoms with E-state index in [0.29, 0.717) is 0 Å². The average Bonchev–Trinajstić information content (AvgIpc) is 2.42. The number of carbonyl (C=O) groups is 2. The number of carbonyl (C=O) groups excluding carboxylic acids is 2. The smallest absolute Gasteiger partial charge is 0.312 e. The molecule has 0 saturated heterocycles. The first-order chi connectivity index (χ1) is 9.47. The fraction of sp³-hybridized carbons (Fsp3) is 0.200. The lowest BCUT2D eigenvalue weighted by molar-refractivity contribution is -0.384. The van der Waals surface area contributed by atoms with E-state index in [-0.39, 0.29) is 30.0 Å². The second-order valence-electron chi connectivity index (χ2n) is 3.65. The first-order valence-electron chi connectivity index (χ1n) is 5.53. The predicted molar refractivity (Wildman–Crippen MR) is 70.8 cm³/mol. The number of nitrogens with one attached hydrogen (secondary N) is 3. The number of hydrazine groups is 1. The van der Waals surface area contributed by atoms with Crippen LogP contribution in [0.1, 0.15) is 10.4 Å². The van der Waals surface area contributed by atoms with Gasteiger partial charge in [-0.2, -0.15) is 0 Å². The second-order valence-corrected chi connectivity index (χ2v) is 3.65. The van der Waals surface area contributed by atoms with Crippen molar-refractivity contribution in [3.8, 4) is 0 Å². The highest BCUT2D eigenvalue weighted by Crippen LogP contribution is 2.27. The number of rotatable bonds is 6. The van der Waals surface area contributed by atoms with Crippen molar-refractivity contribution in [2.45, 2.75) is 0 Å². The van der Waals surface area contributed by atoms with Crippen molar-refractivity contribution >= 4 is 23.3 Å². The van der Waals surface area contributed by atoms with Crippen molar-refractivity contribution in [1.82, 2.24) is 10.6 Å². The molecular weight excluding hydrogens is 268 g/mol. The van der Waals surface area contributed by atoms with Crippen molar-refractivity contribution in [1.29, 1.82) is 0 Å². The van der Waals surface area contributed by atoms with E-state index in [1.54, 1.807) is 0 Å². The molecule has 0 atom stereocenters. The highest BCUT2D eigenvalue weighted by molar-refractivity contribution is 6.01. The van der Waals surface area contributed by atoms with Crippen molar-refractivity contribution in [3.05, 3.63) is 33.9 Å². The Hall–Kier alpha value is -2.88. The van der Waals surface area contributed by atoms with E-state index in [9.17, 15) is 19.7 Å². The van der Waals surface area contributed by atoms with Crippen LogP contribution in [0, 0.1) is 10.1 Å². The van der Waals surface area contributed by atoms with Crippen LogP contribution < -0.4 is 27.6 Å². The van der Waals surface area contributed by atoms with E-state index in [4.69, 9.17) is 11.6 Å². The predicted octanol–water partition coefficient (Wildman–Crippen LogP) is -0.721. The summed E-state index contributed by atoms with van der Waals surface area (Å²) in [7, 11) is 0. The summed E-state index contributed by atoms with van der Waals surface area (Å²) in [5.74, 6) is 4.65. The lowest BCUT2D eigenvalue weighted by atomic mass is 10.1. The molecule has 0 heterocycles. The highest BCUT2D eigenvalue weighted by atomic mass is 16.6. The summed E-state index contributed by atoms with van der Waals surface area (Å²) in [4.78, 5) is 32.5. The third-order valence-electron chi connectivity index (χ3n) is 2.34. The Labute approximate surface area is 113 Å². The zero-order valence-electron chi connectivity index (χ0n) is 10.4. The zero-order chi connectivity index (χ0) is 15.1. The number of nitro groups is 1. The van der Waals surface area contributed by atoms with Gasteiger partial charge in [-0.25, -0.2) is 4.79 Å². The largest absolute Gasteiger partial charge is 0.352 e. The van der Waals surface area contributed by atoms with Crippen LogP contribution in [0.3, 0.4) is 0 Å². The van der Waals surface area contributed by atoms with Crippen LogP contribution in [0.5, 0.6) is 0 Å². The van der Waals surface area contributed by atoms with Crippen LogP contribution in [-0.4, -0.2) is 30.0 Å². The van der Waals surface area contributed by atoms with E-state index in [1.165, 1.54) is 18.2 Å². The monoisotopic (exact) mass is 282 g/mol. The molecule has 3 amide bonds. The van der Waals surface area contributed by atoms with Crippen molar-refractivity contribution in [2.75, 3.05) is 18.5 Å². The summed E-state index contributed by atoms with van der Waals surface area (Å²) >= 11 is 0. The number of nitrogens with zero attached hydrogens (tertiary/aromatic N) is 1. The van der Waals surface area contributed by atoms with Gasteiger partial charge in [-0.15, -0.1) is 0 Å². The minimum Gasteiger partial charge on any atom is -0.352 e. The molecule has 1 rings (SSSR count). The number of anilines is 1. The molecular formula is C10H14N6O4. The Bertz CT molecular complexity index is 532. The molecule has 7 N–H and O–H groups in total. The van der Waals surface area contributed by atoms with Crippen molar-refractivity contribution in [3.63, 3.8) is 0 Å². The summed E-state index contributed by atoms with van der Waals surface area (Å²) in [6.07, 6.45) is 0. The third kappa shape index (κ3) is 3.81. The van der Waals surface area contributed by atoms with Crippen LogP contribution in [0.4, 0.5) is 16.2 Å². The third-order valence-corrected chi connectivity index (χ3v) is 2.34. The Morgan fingerprint density at radius 2 is 1.90 bits per heavy atom. The summed E-state index contributed by atoms with van der Waals surface area (Å²) in [5, 5.41) is 15.6. The number of nitrogens with two attached hydrogens (primary N) is 2. The van der Waals surface area contributed by atoms with E-state index < -0.39 is 16.9 Å². The standard InChI is InChI=1S/C10H14N6O4/c11-10(18)14-5-4-13-9(17)6-2-1-3-7(16(19)20)8(6)15-12/h1-3,15H,4-5,12H2,(H,13,17)(H3,11,14,18). The first-order valence-corrected chi connectivity index (χ1v) is 5.53. The number of nitro benzene ring substituents is 1. The summed E-state index contributed by atoms with van der Waals surface area (Å²) in [5.41, 5.74) is 6.63. The van der Waals surface area contributed by atoms with Gasteiger partial charge in [0, 0.05) is 19.2 Å². The van der Waals surface area contributed by atoms with Gasteiger partial charge < -0.3 is 21.8 Å². The summed E-state index contributed by atoms with van der Waals surface area (Å²) < 4.78 is 0. The molecule has 0 aliphatic rings. The lowest BCUT2D eigenvalue weighted by Gasteiger charge is -2.10. The Morgan fingerprint density at radius 3 is 2.45 bits per heavy atom. The lowest BCUT2D eigenvalue weighted by Crippen LogP contribution is -2.37. The van der Waals surface area contributed by atoms with Gasteiger partial charge in [0.15, 0.2) is 0 Å². The number of urea groups is 1. The molecule has 10 heteroatoms. The minimum atomic E-state index is -0.709.